The number of amides is 2. The Balaban J connectivity index is 1.35. The van der Waals surface area contributed by atoms with Crippen LogP contribution in [0.3, 0.4) is 0 Å². The van der Waals surface area contributed by atoms with E-state index in [1.807, 2.05) is 0 Å². The highest BCUT2D eigenvalue weighted by molar-refractivity contribution is 6.00. The average molecular weight is 570 g/mol. The van der Waals surface area contributed by atoms with Crippen LogP contribution in [0.2, 0.25) is 0 Å². The summed E-state index contributed by atoms with van der Waals surface area (Å²) in [5.74, 6) is -2.24. The first-order valence-electron chi connectivity index (χ1n) is 14.0. The highest BCUT2D eigenvalue weighted by Crippen LogP contribution is 2.32. The second-order valence-corrected chi connectivity index (χ2v) is 11.0. The summed E-state index contributed by atoms with van der Waals surface area (Å²) >= 11 is 0. The molecule has 0 spiro atoms. The number of halogens is 2. The summed E-state index contributed by atoms with van der Waals surface area (Å²) in [6, 6.07) is 5.04. The van der Waals surface area contributed by atoms with Crippen molar-refractivity contribution in [2.24, 2.45) is 5.73 Å². The molecule has 10 nitrogen and oxygen atoms in total. The molecule has 220 valence electrons. The fraction of sp³-hybridized carbons (Fsp3) is 0.483. The quantitative estimate of drug-likeness (QED) is 0.416. The Bertz CT molecular complexity index is 1340. The molecule has 0 aliphatic carbocycles. The lowest BCUT2D eigenvalue weighted by Crippen LogP contribution is -2.59. The smallest absolute Gasteiger partial charge is 0.252 e. The number of carbonyl (C=O) groups is 2. The minimum Gasteiger partial charge on any atom is -0.378 e. The fourth-order valence-corrected chi connectivity index (χ4v) is 5.85. The van der Waals surface area contributed by atoms with Gasteiger partial charge in [-0.05, 0) is 51.0 Å². The third kappa shape index (κ3) is 5.98. The van der Waals surface area contributed by atoms with Crippen molar-refractivity contribution >= 4 is 34.8 Å². The molecule has 3 fully saturated rings. The number of hydrogen-bond donors (Lipinski definition) is 3. The van der Waals surface area contributed by atoms with Crippen LogP contribution in [0.1, 0.15) is 35.7 Å². The summed E-state index contributed by atoms with van der Waals surface area (Å²) in [5, 5.41) is 6.06. The largest absolute Gasteiger partial charge is 0.378 e. The van der Waals surface area contributed by atoms with E-state index in [9.17, 15) is 9.59 Å². The van der Waals surface area contributed by atoms with Crippen molar-refractivity contribution < 1.29 is 23.1 Å². The van der Waals surface area contributed by atoms with Gasteiger partial charge in [0.1, 0.15) is 11.6 Å². The molecule has 2 amide bonds. The molecule has 4 heterocycles. The summed E-state index contributed by atoms with van der Waals surface area (Å²) < 4.78 is 36.1. The summed E-state index contributed by atoms with van der Waals surface area (Å²) in [7, 11) is 0. The third-order valence-corrected chi connectivity index (χ3v) is 8.18. The fourth-order valence-electron chi connectivity index (χ4n) is 5.85. The Morgan fingerprint density at radius 1 is 1.17 bits per heavy atom. The number of hydrogen-bond acceptors (Lipinski definition) is 8. The van der Waals surface area contributed by atoms with Gasteiger partial charge < -0.3 is 30.9 Å². The van der Waals surface area contributed by atoms with Gasteiger partial charge in [-0.1, -0.05) is 6.58 Å². The number of nitrogens with zero attached hydrogens (tertiary/aromatic N) is 4. The van der Waals surface area contributed by atoms with E-state index in [2.05, 4.69) is 38.9 Å². The molecule has 3 aliphatic heterocycles. The van der Waals surface area contributed by atoms with E-state index < -0.39 is 17.5 Å². The van der Waals surface area contributed by atoms with Gasteiger partial charge in [-0.3, -0.25) is 14.5 Å². The van der Waals surface area contributed by atoms with Crippen molar-refractivity contribution in [3.8, 4) is 0 Å². The lowest BCUT2D eigenvalue weighted by molar-refractivity contribution is -0.127. The highest BCUT2D eigenvalue weighted by Gasteiger charge is 2.33. The molecule has 0 radical (unpaired) electrons. The number of piperazine rings is 1. The molecular formula is C29H37F2N7O3. The van der Waals surface area contributed by atoms with Crippen LogP contribution in [0.4, 0.5) is 31.8 Å². The molecule has 1 aromatic carbocycles. The van der Waals surface area contributed by atoms with Gasteiger partial charge in [0.15, 0.2) is 11.6 Å². The van der Waals surface area contributed by atoms with Crippen molar-refractivity contribution in [1.29, 1.82) is 0 Å². The van der Waals surface area contributed by atoms with Crippen LogP contribution in [0.25, 0.3) is 0 Å². The van der Waals surface area contributed by atoms with E-state index in [1.165, 1.54) is 19.1 Å². The summed E-state index contributed by atoms with van der Waals surface area (Å²) in [4.78, 5) is 34.8. The average Bonchev–Trinajstić information content (AvgIpc) is 2.91. The number of nitrogens with two attached hydrogens (primary N) is 1. The normalized spacial score (nSPS) is 21.8. The van der Waals surface area contributed by atoms with Crippen LogP contribution in [0, 0.1) is 18.6 Å². The van der Waals surface area contributed by atoms with Crippen LogP contribution in [0.5, 0.6) is 0 Å². The molecule has 5 rings (SSSR count). The molecule has 0 unspecified atom stereocenters. The number of anilines is 4. The van der Waals surface area contributed by atoms with Gasteiger partial charge in [0, 0.05) is 56.1 Å². The zero-order valence-corrected chi connectivity index (χ0v) is 23.5. The van der Waals surface area contributed by atoms with Gasteiger partial charge in [0.25, 0.3) is 5.91 Å². The van der Waals surface area contributed by atoms with Gasteiger partial charge in [-0.2, -0.15) is 0 Å². The van der Waals surface area contributed by atoms with Gasteiger partial charge in [-0.15, -0.1) is 0 Å². The van der Waals surface area contributed by atoms with Crippen molar-refractivity contribution in [3.05, 3.63) is 53.6 Å². The number of nitrogens with one attached hydrogen (secondary N) is 2. The first-order valence-corrected chi connectivity index (χ1v) is 14.0. The number of aromatic nitrogens is 1. The van der Waals surface area contributed by atoms with Gasteiger partial charge in [0.05, 0.1) is 30.5 Å². The third-order valence-electron chi connectivity index (χ3n) is 8.18. The standard InChI is InChI=1S/C29H37F2N7O3/c1-4-24(39)37-9-5-6-20(14-37)34-29-26(31)18(3)25(27(32)40)28(35-29)33-19-7-8-23(22(30)12-19)38-11-10-36(13-17(38)2)21-15-41-16-21/h4,7-8,12,17,20-21H,1,5-6,9-11,13-16H2,2-3H3,(H2,32,40)(H2,33,34,35)/t17-,20+/m0/s1. The molecule has 2 aromatic rings. The van der Waals surface area contributed by atoms with Crippen LogP contribution in [-0.2, 0) is 9.53 Å². The first-order chi connectivity index (χ1) is 19.7. The Morgan fingerprint density at radius 2 is 1.95 bits per heavy atom. The minimum atomic E-state index is -0.857. The first kappa shape index (κ1) is 28.7. The molecule has 2 atom stereocenters. The molecule has 12 heteroatoms. The van der Waals surface area contributed by atoms with E-state index in [-0.39, 0.29) is 40.8 Å². The Hall–Kier alpha value is -3.77. The lowest BCUT2D eigenvalue weighted by atomic mass is 10.0. The second-order valence-electron chi connectivity index (χ2n) is 11.0. The number of ether oxygens (including phenoxy) is 1. The molecular weight excluding hydrogens is 532 g/mol. The Kier molecular flexibility index (Phi) is 8.41. The summed E-state index contributed by atoms with van der Waals surface area (Å²) in [6.07, 6.45) is 2.69. The molecule has 1 aromatic heterocycles. The van der Waals surface area contributed by atoms with E-state index in [0.717, 1.165) is 32.7 Å². The molecule has 3 aliphatic rings. The SMILES string of the molecule is C=CC(=O)N1CCC[C@@H](Nc2nc(Nc3ccc(N4CCN(C5COC5)C[C@@H]4C)c(F)c3)c(C(N)=O)c(C)c2F)C1. The highest BCUT2D eigenvalue weighted by atomic mass is 19.1. The van der Waals surface area contributed by atoms with Crippen molar-refractivity contribution in [2.75, 3.05) is 61.5 Å². The number of carbonyl (C=O) groups excluding carboxylic acids is 2. The van der Waals surface area contributed by atoms with Gasteiger partial charge >= 0.3 is 0 Å². The zero-order valence-electron chi connectivity index (χ0n) is 23.5. The lowest BCUT2D eigenvalue weighted by Gasteiger charge is -2.46. The maximum Gasteiger partial charge on any atom is 0.252 e. The van der Waals surface area contributed by atoms with E-state index in [0.29, 0.717) is 43.5 Å². The second kappa shape index (κ2) is 12.0. The minimum absolute atomic E-state index is 0.0191. The van der Waals surface area contributed by atoms with Gasteiger partial charge in [0.2, 0.25) is 5.91 Å². The van der Waals surface area contributed by atoms with Crippen molar-refractivity contribution in [3.63, 3.8) is 0 Å². The predicted octanol–water partition coefficient (Wildman–Crippen LogP) is 3.01. The van der Waals surface area contributed by atoms with Crippen molar-refractivity contribution in [2.45, 2.75) is 44.8 Å². The number of primary amides is 1. The van der Waals surface area contributed by atoms with Crippen LogP contribution in [-0.4, -0.2) is 90.7 Å². The Morgan fingerprint density at radius 3 is 2.59 bits per heavy atom. The van der Waals surface area contributed by atoms with Crippen LogP contribution < -0.4 is 21.3 Å². The van der Waals surface area contributed by atoms with Gasteiger partial charge in [-0.25, -0.2) is 13.8 Å². The van der Waals surface area contributed by atoms with E-state index in [1.54, 1.807) is 17.0 Å². The van der Waals surface area contributed by atoms with Crippen molar-refractivity contribution in [1.82, 2.24) is 14.8 Å². The summed E-state index contributed by atoms with van der Waals surface area (Å²) in [5.41, 5.74) is 6.34. The number of pyridine rings is 1. The number of rotatable bonds is 8. The van der Waals surface area contributed by atoms with Crippen LogP contribution in [0.15, 0.2) is 30.9 Å². The molecule has 41 heavy (non-hydrogen) atoms. The maximum absolute atomic E-state index is 15.4. The van der Waals surface area contributed by atoms with E-state index in [4.69, 9.17) is 10.5 Å². The zero-order chi connectivity index (χ0) is 29.3. The number of likely N-dealkylation sites (tertiary alicyclic amines) is 1. The van der Waals surface area contributed by atoms with E-state index >= 15 is 8.78 Å². The molecule has 0 bridgehead atoms. The van der Waals surface area contributed by atoms with Crippen LogP contribution >= 0.6 is 0 Å². The Labute approximate surface area is 238 Å². The predicted molar refractivity (Wildman–Crippen MR) is 154 cm³/mol. The monoisotopic (exact) mass is 569 g/mol. The molecule has 3 saturated heterocycles. The summed E-state index contributed by atoms with van der Waals surface area (Å²) in [6.45, 7) is 11.9. The maximum atomic E-state index is 15.4. The molecule has 4 N–H and O–H groups in total. The topological polar surface area (TPSA) is 116 Å². The number of benzene rings is 1. The number of piperidine rings is 1. The molecule has 0 saturated carbocycles.